The Balaban J connectivity index is 1.86. The molecule has 0 unspecified atom stereocenters. The molecule has 0 heterocycles. The minimum Gasteiger partial charge on any atom is -0.384 e. The highest BCUT2D eigenvalue weighted by Gasteiger charge is 2.16. The third-order valence-electron chi connectivity index (χ3n) is 5.42. The van der Waals surface area contributed by atoms with Crippen LogP contribution in [0.25, 0.3) is 0 Å². The van der Waals surface area contributed by atoms with Crippen molar-refractivity contribution in [2.75, 3.05) is 23.0 Å². The second-order valence-corrected chi connectivity index (χ2v) is 10.6. The minimum absolute atomic E-state index is 0.0242. The molecule has 7 nitrogen and oxygen atoms in total. The maximum Gasteiger partial charge on any atom is 0.243 e. The van der Waals surface area contributed by atoms with Crippen molar-refractivity contribution in [3.05, 3.63) is 89.5 Å². The molecule has 3 aromatic carbocycles. The van der Waals surface area contributed by atoms with Gasteiger partial charge in [0.2, 0.25) is 5.91 Å². The molecule has 0 aromatic heterocycles. The number of rotatable bonds is 9. The molecule has 0 spiro atoms. The van der Waals surface area contributed by atoms with Crippen LogP contribution in [0.2, 0.25) is 0 Å². The van der Waals surface area contributed by atoms with Crippen molar-refractivity contribution in [1.29, 1.82) is 5.41 Å². The summed E-state index contributed by atoms with van der Waals surface area (Å²) in [6.45, 7) is 4.54. The van der Waals surface area contributed by atoms with Gasteiger partial charge in [0.25, 0.3) is 0 Å². The average Bonchev–Trinajstić information content (AvgIpc) is 2.78. The summed E-state index contributed by atoms with van der Waals surface area (Å²) in [5, 5.41) is 10.7. The second-order valence-electron chi connectivity index (χ2n) is 8.56. The lowest BCUT2D eigenvalue weighted by Gasteiger charge is -2.25. The van der Waals surface area contributed by atoms with Gasteiger partial charge in [-0.05, 0) is 53.4 Å². The number of nitrogens with two attached hydrogens (primary N) is 1. The maximum absolute atomic E-state index is 12.9. The van der Waals surface area contributed by atoms with Gasteiger partial charge in [0.15, 0.2) is 9.84 Å². The van der Waals surface area contributed by atoms with Crippen LogP contribution in [0.4, 0.5) is 11.4 Å². The zero-order valence-electron chi connectivity index (χ0n) is 19.6. The van der Waals surface area contributed by atoms with E-state index in [-0.39, 0.29) is 23.2 Å². The van der Waals surface area contributed by atoms with Gasteiger partial charge in [-0.2, -0.15) is 0 Å². The first kappa shape index (κ1) is 25.0. The summed E-state index contributed by atoms with van der Waals surface area (Å²) in [5.74, 6) is 0.108. The molecule has 178 valence electrons. The van der Waals surface area contributed by atoms with E-state index in [1.165, 1.54) is 5.56 Å². The summed E-state index contributed by atoms with van der Waals surface area (Å²) in [7, 11) is -3.36. The summed E-state index contributed by atoms with van der Waals surface area (Å²) >= 11 is 0. The predicted octanol–water partition coefficient (Wildman–Crippen LogP) is 4.14. The Hall–Kier alpha value is -3.65. The summed E-state index contributed by atoms with van der Waals surface area (Å²) in [4.78, 5) is 15.0. The number of nitrogens with zero attached hydrogens (tertiary/aromatic N) is 1. The number of carbonyl (C=O) groups excluding carboxylic acids is 1. The van der Waals surface area contributed by atoms with Crippen molar-refractivity contribution in [3.63, 3.8) is 0 Å². The number of carbonyl (C=O) groups is 1. The lowest BCUT2D eigenvalue weighted by atomic mass is 10.0. The Morgan fingerprint density at radius 1 is 1.03 bits per heavy atom. The fourth-order valence-electron chi connectivity index (χ4n) is 3.53. The molecule has 0 bridgehead atoms. The van der Waals surface area contributed by atoms with Crippen molar-refractivity contribution in [1.82, 2.24) is 0 Å². The molecular formula is C26H30N4O3S. The lowest BCUT2D eigenvalue weighted by molar-refractivity contribution is -0.115. The number of nitrogen functional groups attached to an aromatic ring is 1. The fraction of sp³-hybridized carbons (Fsp3) is 0.231. The van der Waals surface area contributed by atoms with Gasteiger partial charge in [0.1, 0.15) is 5.84 Å². The molecule has 1 amide bonds. The van der Waals surface area contributed by atoms with Gasteiger partial charge in [-0.25, -0.2) is 8.42 Å². The molecule has 8 heteroatoms. The molecule has 3 aromatic rings. The van der Waals surface area contributed by atoms with Gasteiger partial charge in [0.05, 0.1) is 11.4 Å². The molecule has 0 saturated carbocycles. The molecular weight excluding hydrogens is 448 g/mol. The summed E-state index contributed by atoms with van der Waals surface area (Å²) in [6.07, 6.45) is 1.16. The van der Waals surface area contributed by atoms with E-state index in [9.17, 15) is 13.2 Å². The van der Waals surface area contributed by atoms with E-state index in [1.807, 2.05) is 41.3 Å². The highest BCUT2D eigenvalue weighted by atomic mass is 32.2. The Labute approximate surface area is 201 Å². The number of amides is 1. The number of sulfone groups is 1. The number of benzene rings is 3. The number of amidine groups is 1. The third-order valence-corrected chi connectivity index (χ3v) is 6.53. The van der Waals surface area contributed by atoms with Crippen LogP contribution in [0.3, 0.4) is 0 Å². The summed E-state index contributed by atoms with van der Waals surface area (Å²) in [5.41, 5.74) is 9.52. The van der Waals surface area contributed by atoms with Gasteiger partial charge >= 0.3 is 0 Å². The topological polar surface area (TPSA) is 116 Å². The van der Waals surface area contributed by atoms with Crippen molar-refractivity contribution in [2.45, 2.75) is 31.2 Å². The third kappa shape index (κ3) is 6.68. The highest BCUT2D eigenvalue weighted by molar-refractivity contribution is 7.90. The van der Waals surface area contributed by atoms with Gasteiger partial charge in [-0.15, -0.1) is 0 Å². The molecule has 34 heavy (non-hydrogen) atoms. The number of hydrogen-bond donors (Lipinski definition) is 3. The van der Waals surface area contributed by atoms with E-state index in [0.717, 1.165) is 11.8 Å². The first-order valence-electron chi connectivity index (χ1n) is 10.9. The van der Waals surface area contributed by atoms with E-state index in [4.69, 9.17) is 11.1 Å². The first-order chi connectivity index (χ1) is 16.0. The molecule has 0 aliphatic heterocycles. The van der Waals surface area contributed by atoms with Crippen LogP contribution in [0.1, 0.15) is 36.5 Å². The van der Waals surface area contributed by atoms with Crippen LogP contribution in [-0.4, -0.2) is 33.0 Å². The Kier molecular flexibility index (Phi) is 7.73. The minimum atomic E-state index is -3.36. The first-order valence-corrected chi connectivity index (χ1v) is 12.8. The molecule has 4 N–H and O–H groups in total. The van der Waals surface area contributed by atoms with Gasteiger partial charge < -0.3 is 16.0 Å². The van der Waals surface area contributed by atoms with E-state index in [1.54, 1.807) is 36.4 Å². The zero-order chi connectivity index (χ0) is 24.9. The van der Waals surface area contributed by atoms with Gasteiger partial charge in [-0.3, -0.25) is 10.2 Å². The lowest BCUT2D eigenvalue weighted by Crippen LogP contribution is -2.33. The van der Waals surface area contributed by atoms with E-state index in [2.05, 4.69) is 19.2 Å². The van der Waals surface area contributed by atoms with Crippen molar-refractivity contribution in [3.8, 4) is 0 Å². The zero-order valence-corrected chi connectivity index (χ0v) is 20.4. The molecule has 0 radical (unpaired) electrons. The quantitative estimate of drug-likeness (QED) is 0.316. The maximum atomic E-state index is 12.9. The second kappa shape index (κ2) is 10.5. The van der Waals surface area contributed by atoms with Crippen molar-refractivity contribution < 1.29 is 13.2 Å². The van der Waals surface area contributed by atoms with Crippen LogP contribution in [-0.2, 0) is 21.2 Å². The Morgan fingerprint density at radius 2 is 1.71 bits per heavy atom. The smallest absolute Gasteiger partial charge is 0.243 e. The number of anilines is 2. The fourth-order valence-corrected chi connectivity index (χ4v) is 4.22. The van der Waals surface area contributed by atoms with Crippen molar-refractivity contribution in [2.24, 2.45) is 5.73 Å². The molecule has 0 atom stereocenters. The van der Waals surface area contributed by atoms with Crippen LogP contribution in [0, 0.1) is 5.41 Å². The molecule has 0 aliphatic rings. The van der Waals surface area contributed by atoms with Gasteiger partial charge in [-0.1, -0.05) is 50.2 Å². The van der Waals surface area contributed by atoms with Crippen LogP contribution < -0.4 is 16.0 Å². The Morgan fingerprint density at radius 3 is 2.32 bits per heavy atom. The van der Waals surface area contributed by atoms with E-state index in [0.29, 0.717) is 29.4 Å². The normalized spacial score (nSPS) is 11.3. The molecule has 0 fully saturated rings. The van der Waals surface area contributed by atoms with E-state index < -0.39 is 9.84 Å². The predicted molar refractivity (Wildman–Crippen MR) is 137 cm³/mol. The van der Waals surface area contributed by atoms with Gasteiger partial charge in [0, 0.05) is 29.7 Å². The SMILES string of the molecule is CC(C)c1ccc(NC(=O)CN(Cc2cccc(S(C)(=O)=O)c2)c2cccc(C(=N)N)c2)cc1. The van der Waals surface area contributed by atoms with Crippen LogP contribution in [0.5, 0.6) is 0 Å². The summed E-state index contributed by atoms with van der Waals surface area (Å²) < 4.78 is 24.0. The number of nitrogens with one attached hydrogen (secondary N) is 2. The average molecular weight is 479 g/mol. The standard InChI is InChI=1S/C26H30N4O3S/c1-18(2)20-10-12-22(13-11-20)29-25(31)17-30(23-8-5-7-21(15-23)26(27)28)16-19-6-4-9-24(14-19)34(3,32)33/h4-15,18H,16-17H2,1-3H3,(H3,27,28)(H,29,31). The van der Waals surface area contributed by atoms with Crippen LogP contribution in [0.15, 0.2) is 77.7 Å². The monoisotopic (exact) mass is 478 g/mol. The van der Waals surface area contributed by atoms with E-state index >= 15 is 0 Å². The largest absolute Gasteiger partial charge is 0.384 e. The van der Waals surface area contributed by atoms with Crippen molar-refractivity contribution >= 4 is 33.0 Å². The molecule has 0 saturated heterocycles. The summed E-state index contributed by atoms with van der Waals surface area (Å²) in [6, 6.07) is 21.5. The number of hydrogen-bond acceptors (Lipinski definition) is 5. The highest BCUT2D eigenvalue weighted by Crippen LogP contribution is 2.21. The van der Waals surface area contributed by atoms with Crippen LogP contribution >= 0.6 is 0 Å². The molecule has 3 rings (SSSR count). The molecule has 0 aliphatic carbocycles. The Bertz CT molecular complexity index is 1290.